The number of piperidine rings is 1. The average molecular weight is 509 g/mol. The van der Waals surface area contributed by atoms with Crippen LogP contribution in [0.5, 0.6) is 0 Å². The Morgan fingerprint density at radius 3 is 2.31 bits per heavy atom. The number of nitrogens with zero attached hydrogens (tertiary/aromatic N) is 3. The number of benzene rings is 1. The van der Waals surface area contributed by atoms with Crippen molar-refractivity contribution < 1.29 is 14.7 Å². The normalized spacial score (nSPS) is 29.4. The van der Waals surface area contributed by atoms with E-state index in [1.165, 1.54) is 38.5 Å². The number of anilines is 1. The molecule has 0 atom stereocenters. The maximum atomic E-state index is 13.3. The third-order valence-corrected chi connectivity index (χ3v) is 9.43. The molecule has 1 aromatic carbocycles. The highest BCUT2D eigenvalue weighted by atomic mass is 35.5. The number of carboxylic acid groups (broad SMARTS) is 1. The first-order chi connectivity index (χ1) is 17.4. The van der Waals surface area contributed by atoms with E-state index in [4.69, 9.17) is 11.6 Å². The molecule has 1 saturated heterocycles. The number of carbonyl (C=O) groups excluding carboxylic acids is 1. The molecule has 2 aromatic rings. The van der Waals surface area contributed by atoms with Gasteiger partial charge in [-0.15, -0.1) is 0 Å². The smallest absolute Gasteiger partial charge is 0.306 e. The van der Waals surface area contributed by atoms with Gasteiger partial charge in [-0.05, 0) is 86.7 Å². The lowest BCUT2D eigenvalue weighted by molar-refractivity contribution is -0.142. The highest BCUT2D eigenvalue weighted by Gasteiger charge is 2.50. The number of carbonyl (C=O) groups is 2. The number of hydrogen-bond donors (Lipinski definition) is 2. The third-order valence-electron chi connectivity index (χ3n) is 9.10. The van der Waals surface area contributed by atoms with Crippen LogP contribution in [0, 0.1) is 29.1 Å². The van der Waals surface area contributed by atoms with Crippen molar-refractivity contribution >= 4 is 29.3 Å². The number of aliphatic carboxylic acids is 1. The fourth-order valence-electron chi connectivity index (χ4n) is 7.82. The SMILES string of the molecule is O=C(NCC12CC3CC(CC(C3)C1)C2)c1cc(-c2nccnc2N2CCC(C(=O)O)CC2)ccc1Cl. The average Bonchev–Trinajstić information content (AvgIpc) is 2.87. The number of aromatic nitrogens is 2. The third kappa shape index (κ3) is 4.47. The maximum absolute atomic E-state index is 13.3. The molecule has 1 aromatic heterocycles. The Labute approximate surface area is 216 Å². The number of amides is 1. The van der Waals surface area contributed by atoms with E-state index in [9.17, 15) is 14.7 Å². The monoisotopic (exact) mass is 508 g/mol. The summed E-state index contributed by atoms with van der Waals surface area (Å²) in [5.41, 5.74) is 2.18. The van der Waals surface area contributed by atoms with Crippen molar-refractivity contribution in [1.82, 2.24) is 15.3 Å². The van der Waals surface area contributed by atoms with Crippen LogP contribution >= 0.6 is 11.6 Å². The molecule has 0 spiro atoms. The van der Waals surface area contributed by atoms with Crippen LogP contribution in [0.3, 0.4) is 0 Å². The topological polar surface area (TPSA) is 95.4 Å². The summed E-state index contributed by atoms with van der Waals surface area (Å²) in [6.45, 7) is 1.94. The second kappa shape index (κ2) is 9.33. The van der Waals surface area contributed by atoms with E-state index in [1.54, 1.807) is 18.5 Å². The summed E-state index contributed by atoms with van der Waals surface area (Å²) in [5.74, 6) is 2.05. The van der Waals surface area contributed by atoms with Gasteiger partial charge in [0, 0.05) is 37.6 Å². The molecule has 4 saturated carbocycles. The van der Waals surface area contributed by atoms with Gasteiger partial charge in [0.1, 0.15) is 5.69 Å². The van der Waals surface area contributed by atoms with Crippen LogP contribution in [0.15, 0.2) is 30.6 Å². The van der Waals surface area contributed by atoms with Crippen LogP contribution in [-0.4, -0.2) is 46.6 Å². The molecule has 36 heavy (non-hydrogen) atoms. The van der Waals surface area contributed by atoms with Gasteiger partial charge < -0.3 is 15.3 Å². The number of carboxylic acids is 1. The fraction of sp³-hybridized carbons (Fsp3) is 0.571. The molecule has 5 aliphatic rings. The first kappa shape index (κ1) is 23.7. The van der Waals surface area contributed by atoms with E-state index in [1.807, 2.05) is 12.1 Å². The lowest BCUT2D eigenvalue weighted by Gasteiger charge is -2.56. The summed E-state index contributed by atoms with van der Waals surface area (Å²) >= 11 is 6.50. The zero-order valence-electron chi connectivity index (χ0n) is 20.5. The Hall–Kier alpha value is -2.67. The quantitative estimate of drug-likeness (QED) is 0.567. The van der Waals surface area contributed by atoms with Crippen molar-refractivity contribution in [2.24, 2.45) is 29.1 Å². The highest BCUT2D eigenvalue weighted by Crippen LogP contribution is 2.59. The van der Waals surface area contributed by atoms with Gasteiger partial charge in [0.2, 0.25) is 0 Å². The number of rotatable bonds is 6. The van der Waals surface area contributed by atoms with Gasteiger partial charge >= 0.3 is 5.97 Å². The fourth-order valence-corrected chi connectivity index (χ4v) is 8.02. The summed E-state index contributed by atoms with van der Waals surface area (Å²) in [7, 11) is 0. The number of halogens is 1. The van der Waals surface area contributed by atoms with Crippen LogP contribution < -0.4 is 10.2 Å². The Morgan fingerprint density at radius 1 is 1.03 bits per heavy atom. The summed E-state index contributed by atoms with van der Waals surface area (Å²) in [6, 6.07) is 5.44. The molecule has 2 heterocycles. The predicted molar refractivity (Wildman–Crippen MR) is 138 cm³/mol. The zero-order valence-corrected chi connectivity index (χ0v) is 21.2. The first-order valence-corrected chi connectivity index (χ1v) is 13.6. The lowest BCUT2D eigenvalue weighted by atomic mass is 9.49. The molecule has 7 nitrogen and oxygen atoms in total. The van der Waals surface area contributed by atoms with E-state index in [0.29, 0.717) is 48.0 Å². The second-order valence-corrected chi connectivity index (χ2v) is 12.0. The first-order valence-electron chi connectivity index (χ1n) is 13.3. The summed E-state index contributed by atoms with van der Waals surface area (Å²) in [5, 5.41) is 13.0. The van der Waals surface area contributed by atoms with Gasteiger partial charge in [-0.2, -0.15) is 0 Å². The van der Waals surface area contributed by atoms with E-state index in [2.05, 4.69) is 20.2 Å². The van der Waals surface area contributed by atoms with Crippen molar-refractivity contribution in [3.63, 3.8) is 0 Å². The number of nitrogens with one attached hydrogen (secondary N) is 1. The molecule has 2 N–H and O–H groups in total. The molecule has 1 aliphatic heterocycles. The summed E-state index contributed by atoms with van der Waals surface area (Å²) in [4.78, 5) is 35.9. The molecule has 5 fully saturated rings. The molecule has 0 unspecified atom stereocenters. The van der Waals surface area contributed by atoms with Crippen molar-refractivity contribution in [2.75, 3.05) is 24.5 Å². The molecule has 4 aliphatic carbocycles. The summed E-state index contributed by atoms with van der Waals surface area (Å²) < 4.78 is 0. The molecule has 0 radical (unpaired) electrons. The van der Waals surface area contributed by atoms with Gasteiger partial charge in [0.25, 0.3) is 5.91 Å². The van der Waals surface area contributed by atoms with Crippen molar-refractivity contribution in [1.29, 1.82) is 0 Å². The van der Waals surface area contributed by atoms with E-state index in [-0.39, 0.29) is 17.2 Å². The number of hydrogen-bond acceptors (Lipinski definition) is 5. The Morgan fingerprint density at radius 2 is 1.67 bits per heavy atom. The van der Waals surface area contributed by atoms with Crippen LogP contribution in [0.25, 0.3) is 11.3 Å². The van der Waals surface area contributed by atoms with Crippen LogP contribution in [0.4, 0.5) is 5.82 Å². The molecule has 8 heteroatoms. The molecule has 4 bridgehead atoms. The van der Waals surface area contributed by atoms with Crippen LogP contribution in [0.1, 0.15) is 61.7 Å². The molecule has 7 rings (SSSR count). The largest absolute Gasteiger partial charge is 0.481 e. The second-order valence-electron chi connectivity index (χ2n) is 11.6. The minimum atomic E-state index is -0.740. The predicted octanol–water partition coefficient (Wildman–Crippen LogP) is 5.04. The summed E-state index contributed by atoms with van der Waals surface area (Å²) in [6.07, 6.45) is 12.3. The van der Waals surface area contributed by atoms with Gasteiger partial charge in [-0.25, -0.2) is 4.98 Å². The zero-order chi connectivity index (χ0) is 24.9. The molecular weight excluding hydrogens is 476 g/mol. The Kier molecular flexibility index (Phi) is 6.14. The van der Waals surface area contributed by atoms with Crippen molar-refractivity contribution in [3.05, 3.63) is 41.2 Å². The maximum Gasteiger partial charge on any atom is 0.306 e. The minimum Gasteiger partial charge on any atom is -0.481 e. The molecule has 1 amide bonds. The van der Waals surface area contributed by atoms with Gasteiger partial charge in [-0.3, -0.25) is 14.6 Å². The molecule has 190 valence electrons. The lowest BCUT2D eigenvalue weighted by Crippen LogP contribution is -2.51. The van der Waals surface area contributed by atoms with E-state index >= 15 is 0 Å². The van der Waals surface area contributed by atoms with Crippen molar-refractivity contribution in [3.8, 4) is 11.3 Å². The van der Waals surface area contributed by atoms with Gasteiger partial charge in [0.05, 0.1) is 16.5 Å². The standard InChI is InChI=1S/C28H33ClN4O3/c29-23-2-1-21(24-25(31-6-5-30-24)33-7-3-20(4-8-33)27(35)36)12-22(23)26(34)32-16-28-13-17-9-18(14-28)11-19(10-17)15-28/h1-2,5-6,12,17-20H,3-4,7-11,13-16H2,(H,32,34)(H,35,36). The van der Waals surface area contributed by atoms with E-state index < -0.39 is 5.97 Å². The van der Waals surface area contributed by atoms with E-state index in [0.717, 1.165) is 29.9 Å². The van der Waals surface area contributed by atoms with Gasteiger partial charge in [0.15, 0.2) is 5.82 Å². The van der Waals surface area contributed by atoms with Crippen LogP contribution in [0.2, 0.25) is 5.02 Å². The Bertz CT molecular complexity index is 1140. The van der Waals surface area contributed by atoms with Crippen LogP contribution in [-0.2, 0) is 4.79 Å². The van der Waals surface area contributed by atoms with Gasteiger partial charge in [-0.1, -0.05) is 17.7 Å². The minimum absolute atomic E-state index is 0.134. The molecular formula is C28H33ClN4O3. The van der Waals surface area contributed by atoms with Crippen molar-refractivity contribution in [2.45, 2.75) is 51.4 Å². The highest BCUT2D eigenvalue weighted by molar-refractivity contribution is 6.34. The Balaban J connectivity index is 1.20.